The van der Waals surface area contributed by atoms with Crippen LogP contribution in [0.25, 0.3) is 0 Å². The Hall–Kier alpha value is -1.26. The fourth-order valence-electron chi connectivity index (χ4n) is 1.17. The maximum atomic E-state index is 11.1. The molecule has 5 nitrogen and oxygen atoms in total. The molecule has 0 bridgehead atoms. The molecule has 0 radical (unpaired) electrons. The minimum absolute atomic E-state index is 0.234. The van der Waals surface area contributed by atoms with E-state index in [0.29, 0.717) is 19.4 Å². The van der Waals surface area contributed by atoms with E-state index in [9.17, 15) is 9.59 Å². The first kappa shape index (κ1) is 10.8. The lowest BCUT2D eigenvalue weighted by atomic mass is 10.1. The highest BCUT2D eigenvalue weighted by Crippen LogP contribution is 2.45. The van der Waals surface area contributed by atoms with Crippen molar-refractivity contribution in [2.75, 3.05) is 13.1 Å². The van der Waals surface area contributed by atoms with E-state index in [1.165, 1.54) is 0 Å². The van der Waals surface area contributed by atoms with Crippen molar-refractivity contribution in [1.82, 2.24) is 10.6 Å². The van der Waals surface area contributed by atoms with E-state index in [-0.39, 0.29) is 12.6 Å². The van der Waals surface area contributed by atoms with E-state index in [4.69, 9.17) is 5.11 Å². The maximum absolute atomic E-state index is 11.1. The van der Waals surface area contributed by atoms with Crippen LogP contribution in [-0.4, -0.2) is 30.2 Å². The average molecular weight is 200 g/mol. The molecule has 1 fully saturated rings. The Kier molecular flexibility index (Phi) is 3.33. The van der Waals surface area contributed by atoms with Crippen LogP contribution in [0.2, 0.25) is 0 Å². The van der Waals surface area contributed by atoms with Crippen LogP contribution in [0.4, 0.5) is 4.79 Å². The number of aliphatic carboxylic acids is 1. The maximum Gasteiger partial charge on any atom is 0.314 e. The summed E-state index contributed by atoms with van der Waals surface area (Å²) in [6.45, 7) is 2.81. The molecule has 1 aliphatic carbocycles. The molecule has 1 rings (SSSR count). The second-order valence-corrected chi connectivity index (χ2v) is 3.69. The zero-order chi connectivity index (χ0) is 10.6. The van der Waals surface area contributed by atoms with Gasteiger partial charge in [0.1, 0.15) is 0 Å². The Labute approximate surface area is 82.9 Å². The van der Waals surface area contributed by atoms with E-state index in [1.54, 1.807) is 0 Å². The standard InChI is InChI=1S/C9H16N2O3/c1-2-5-10-8(14)11-6-9(3-4-9)7(12)13/h2-6H2,1H3,(H,12,13)(H2,10,11,14). The van der Waals surface area contributed by atoms with Gasteiger partial charge in [0.25, 0.3) is 0 Å². The number of carbonyl (C=O) groups excluding carboxylic acids is 1. The highest BCUT2D eigenvalue weighted by Gasteiger charge is 2.50. The number of hydrogen-bond acceptors (Lipinski definition) is 2. The second kappa shape index (κ2) is 4.30. The molecular weight excluding hydrogens is 184 g/mol. The lowest BCUT2D eigenvalue weighted by Crippen LogP contribution is -2.40. The molecule has 2 amide bonds. The summed E-state index contributed by atoms with van der Waals surface area (Å²) in [5, 5.41) is 14.0. The molecule has 1 aliphatic rings. The zero-order valence-electron chi connectivity index (χ0n) is 8.30. The van der Waals surface area contributed by atoms with Gasteiger partial charge < -0.3 is 15.7 Å². The monoisotopic (exact) mass is 200 g/mol. The van der Waals surface area contributed by atoms with E-state index >= 15 is 0 Å². The van der Waals surface area contributed by atoms with Gasteiger partial charge in [0.15, 0.2) is 0 Å². The molecule has 0 unspecified atom stereocenters. The zero-order valence-corrected chi connectivity index (χ0v) is 8.30. The van der Waals surface area contributed by atoms with E-state index in [0.717, 1.165) is 6.42 Å². The first-order valence-electron chi connectivity index (χ1n) is 4.86. The second-order valence-electron chi connectivity index (χ2n) is 3.69. The van der Waals surface area contributed by atoms with Crippen molar-refractivity contribution < 1.29 is 14.7 Å². The summed E-state index contributed by atoms with van der Waals surface area (Å²) in [7, 11) is 0. The normalized spacial score (nSPS) is 17.2. The van der Waals surface area contributed by atoms with Crippen molar-refractivity contribution in [2.24, 2.45) is 5.41 Å². The number of urea groups is 1. The van der Waals surface area contributed by atoms with Gasteiger partial charge >= 0.3 is 12.0 Å². The molecule has 0 heterocycles. The van der Waals surface area contributed by atoms with Crippen molar-refractivity contribution in [3.63, 3.8) is 0 Å². The van der Waals surface area contributed by atoms with Gasteiger partial charge in [-0.15, -0.1) is 0 Å². The van der Waals surface area contributed by atoms with E-state index in [2.05, 4.69) is 10.6 Å². The molecule has 0 aliphatic heterocycles. The van der Waals surface area contributed by atoms with Gasteiger partial charge in [-0.3, -0.25) is 4.79 Å². The molecular formula is C9H16N2O3. The summed E-state index contributed by atoms with van der Waals surface area (Å²) in [5.41, 5.74) is -0.677. The van der Waals surface area contributed by atoms with Crippen molar-refractivity contribution >= 4 is 12.0 Å². The van der Waals surface area contributed by atoms with Crippen LogP contribution in [0.1, 0.15) is 26.2 Å². The lowest BCUT2D eigenvalue weighted by Gasteiger charge is -2.11. The number of carboxylic acid groups (broad SMARTS) is 1. The van der Waals surface area contributed by atoms with Crippen molar-refractivity contribution in [2.45, 2.75) is 26.2 Å². The Morgan fingerprint density at radius 1 is 1.36 bits per heavy atom. The first-order chi connectivity index (χ1) is 6.60. The third-order valence-electron chi connectivity index (χ3n) is 2.43. The summed E-state index contributed by atoms with van der Waals surface area (Å²) in [6.07, 6.45) is 2.20. The van der Waals surface area contributed by atoms with Crippen LogP contribution in [0.3, 0.4) is 0 Å². The summed E-state index contributed by atoms with van der Waals surface area (Å²) >= 11 is 0. The largest absolute Gasteiger partial charge is 0.481 e. The van der Waals surface area contributed by atoms with Gasteiger partial charge in [-0.1, -0.05) is 6.92 Å². The molecule has 5 heteroatoms. The van der Waals surface area contributed by atoms with Crippen LogP contribution in [0, 0.1) is 5.41 Å². The summed E-state index contributed by atoms with van der Waals surface area (Å²) in [5.74, 6) is -0.812. The molecule has 0 atom stereocenters. The summed E-state index contributed by atoms with van der Waals surface area (Å²) in [4.78, 5) is 21.8. The van der Waals surface area contributed by atoms with Crippen LogP contribution in [0.5, 0.6) is 0 Å². The topological polar surface area (TPSA) is 78.4 Å². The number of nitrogens with one attached hydrogen (secondary N) is 2. The number of rotatable bonds is 5. The van der Waals surface area contributed by atoms with Crippen LogP contribution in [0.15, 0.2) is 0 Å². The van der Waals surface area contributed by atoms with Gasteiger partial charge in [-0.25, -0.2) is 4.79 Å². The first-order valence-corrected chi connectivity index (χ1v) is 4.86. The Morgan fingerprint density at radius 2 is 2.00 bits per heavy atom. The Morgan fingerprint density at radius 3 is 2.43 bits per heavy atom. The summed E-state index contributed by atoms with van der Waals surface area (Å²) < 4.78 is 0. The Balaban J connectivity index is 2.20. The fraction of sp³-hybridized carbons (Fsp3) is 0.778. The number of hydrogen-bond donors (Lipinski definition) is 3. The van der Waals surface area contributed by atoms with Gasteiger partial charge in [-0.2, -0.15) is 0 Å². The lowest BCUT2D eigenvalue weighted by molar-refractivity contribution is -0.143. The highest BCUT2D eigenvalue weighted by molar-refractivity contribution is 5.80. The molecule has 3 N–H and O–H groups in total. The van der Waals surface area contributed by atoms with E-state index in [1.807, 2.05) is 6.92 Å². The molecule has 80 valence electrons. The van der Waals surface area contributed by atoms with E-state index < -0.39 is 11.4 Å². The molecule has 0 aromatic heterocycles. The number of carbonyl (C=O) groups is 2. The van der Waals surface area contributed by atoms with Gasteiger partial charge in [-0.05, 0) is 19.3 Å². The predicted molar refractivity (Wildman–Crippen MR) is 51.0 cm³/mol. The molecule has 0 aromatic carbocycles. The molecule has 0 aromatic rings. The molecule has 14 heavy (non-hydrogen) atoms. The predicted octanol–water partition coefficient (Wildman–Crippen LogP) is 0.560. The van der Waals surface area contributed by atoms with Crippen LogP contribution < -0.4 is 10.6 Å². The molecule has 1 saturated carbocycles. The quantitative estimate of drug-likeness (QED) is 0.606. The fourth-order valence-corrected chi connectivity index (χ4v) is 1.17. The molecule has 0 spiro atoms. The summed E-state index contributed by atoms with van der Waals surface area (Å²) in [6, 6.07) is -0.278. The Bertz CT molecular complexity index is 236. The molecule has 0 saturated heterocycles. The van der Waals surface area contributed by atoms with Gasteiger partial charge in [0, 0.05) is 13.1 Å². The minimum Gasteiger partial charge on any atom is -0.481 e. The van der Waals surface area contributed by atoms with Crippen LogP contribution in [-0.2, 0) is 4.79 Å². The SMILES string of the molecule is CCCNC(=O)NCC1(C(=O)O)CC1. The van der Waals surface area contributed by atoms with Crippen LogP contribution >= 0.6 is 0 Å². The number of amides is 2. The minimum atomic E-state index is -0.812. The van der Waals surface area contributed by atoms with Gasteiger partial charge in [0.2, 0.25) is 0 Å². The third-order valence-corrected chi connectivity index (χ3v) is 2.43. The van der Waals surface area contributed by atoms with Crippen molar-refractivity contribution in [3.8, 4) is 0 Å². The van der Waals surface area contributed by atoms with Crippen molar-refractivity contribution in [3.05, 3.63) is 0 Å². The third kappa shape index (κ3) is 2.61. The van der Waals surface area contributed by atoms with Gasteiger partial charge in [0.05, 0.1) is 5.41 Å². The smallest absolute Gasteiger partial charge is 0.314 e. The average Bonchev–Trinajstić information content (AvgIpc) is 2.92. The highest BCUT2D eigenvalue weighted by atomic mass is 16.4. The van der Waals surface area contributed by atoms with Crippen molar-refractivity contribution in [1.29, 1.82) is 0 Å². The number of carboxylic acids is 1.